The van der Waals surface area contributed by atoms with Crippen molar-refractivity contribution in [1.82, 2.24) is 4.98 Å². The maximum atomic E-state index is 11.5. The smallest absolute Gasteiger partial charge is 0.258 e. The average Bonchev–Trinajstić information content (AvgIpc) is 2.74. The molecule has 4 aromatic rings. The summed E-state index contributed by atoms with van der Waals surface area (Å²) in [6, 6.07) is 25.9. The molecule has 0 fully saturated rings. The van der Waals surface area contributed by atoms with E-state index in [2.05, 4.69) is 4.98 Å². The van der Waals surface area contributed by atoms with Crippen molar-refractivity contribution >= 4 is 17.3 Å². The number of nitrogens with zero attached hydrogens (tertiary/aromatic N) is 2. The number of aromatic nitrogens is 1. The van der Waals surface area contributed by atoms with E-state index in [-0.39, 0.29) is 10.6 Å². The Bertz CT molecular complexity index is 1160. The zero-order valence-electron chi connectivity index (χ0n) is 14.7. The molecule has 0 spiro atoms. The van der Waals surface area contributed by atoms with Gasteiger partial charge in [0.05, 0.1) is 16.2 Å². The van der Waals surface area contributed by atoms with Gasteiger partial charge in [-0.05, 0) is 29.3 Å². The summed E-state index contributed by atoms with van der Waals surface area (Å²) in [5.41, 5.74) is 4.62. The van der Waals surface area contributed by atoms with Crippen molar-refractivity contribution in [2.45, 2.75) is 0 Å². The topological polar surface area (TPSA) is 56.0 Å². The molecule has 28 heavy (non-hydrogen) atoms. The average molecular weight is 387 g/mol. The second-order valence-corrected chi connectivity index (χ2v) is 6.64. The van der Waals surface area contributed by atoms with Crippen LogP contribution in [-0.4, -0.2) is 9.91 Å². The summed E-state index contributed by atoms with van der Waals surface area (Å²) in [4.78, 5) is 15.7. The first-order valence-electron chi connectivity index (χ1n) is 8.69. The largest absolute Gasteiger partial charge is 0.277 e. The van der Waals surface area contributed by atoms with Crippen LogP contribution >= 0.6 is 11.6 Å². The van der Waals surface area contributed by atoms with Crippen molar-refractivity contribution in [2.24, 2.45) is 0 Å². The van der Waals surface area contributed by atoms with E-state index in [9.17, 15) is 10.1 Å². The Hall–Kier alpha value is -3.50. The number of halogens is 1. The van der Waals surface area contributed by atoms with E-state index in [1.807, 2.05) is 60.7 Å². The molecule has 4 rings (SSSR count). The predicted molar refractivity (Wildman–Crippen MR) is 112 cm³/mol. The van der Waals surface area contributed by atoms with Gasteiger partial charge in [0.15, 0.2) is 0 Å². The minimum absolute atomic E-state index is 0.0481. The summed E-state index contributed by atoms with van der Waals surface area (Å²) in [7, 11) is 0. The van der Waals surface area contributed by atoms with Gasteiger partial charge in [-0.2, -0.15) is 0 Å². The van der Waals surface area contributed by atoms with Crippen molar-refractivity contribution in [2.75, 3.05) is 0 Å². The molecule has 1 aromatic heterocycles. The second kappa shape index (κ2) is 7.62. The number of para-hydroxylation sites is 1. The summed E-state index contributed by atoms with van der Waals surface area (Å²) in [6.45, 7) is 0. The molecule has 0 saturated carbocycles. The fraction of sp³-hybridized carbons (Fsp3) is 0. The number of pyridine rings is 1. The van der Waals surface area contributed by atoms with Crippen LogP contribution < -0.4 is 0 Å². The maximum absolute atomic E-state index is 11.5. The third-order valence-corrected chi connectivity index (χ3v) is 4.86. The van der Waals surface area contributed by atoms with Crippen LogP contribution in [0.25, 0.3) is 33.5 Å². The molecule has 0 radical (unpaired) electrons. The van der Waals surface area contributed by atoms with Crippen molar-refractivity contribution in [3.05, 3.63) is 106 Å². The minimum Gasteiger partial charge on any atom is -0.258 e. The zero-order chi connectivity index (χ0) is 19.5. The van der Waals surface area contributed by atoms with E-state index in [4.69, 9.17) is 11.6 Å². The fourth-order valence-electron chi connectivity index (χ4n) is 3.20. The molecule has 1 heterocycles. The molecule has 3 aromatic carbocycles. The van der Waals surface area contributed by atoms with Gasteiger partial charge in [0, 0.05) is 28.4 Å². The maximum Gasteiger partial charge on any atom is 0.277 e. The summed E-state index contributed by atoms with van der Waals surface area (Å²) in [5.74, 6) is 0. The molecule has 0 aliphatic rings. The first-order chi connectivity index (χ1) is 13.6. The van der Waals surface area contributed by atoms with Gasteiger partial charge in [-0.15, -0.1) is 0 Å². The first kappa shape index (κ1) is 17.9. The van der Waals surface area contributed by atoms with E-state index < -0.39 is 0 Å². The molecule has 0 saturated heterocycles. The lowest BCUT2D eigenvalue weighted by atomic mass is 9.94. The zero-order valence-corrected chi connectivity index (χ0v) is 15.5. The number of hydrogen-bond acceptors (Lipinski definition) is 3. The third kappa shape index (κ3) is 3.38. The predicted octanol–water partition coefficient (Wildman–Crippen LogP) is 6.64. The van der Waals surface area contributed by atoms with Crippen molar-refractivity contribution < 1.29 is 4.92 Å². The summed E-state index contributed by atoms with van der Waals surface area (Å²) >= 11 is 6.35. The quantitative estimate of drug-likeness (QED) is 0.291. The first-order valence-corrected chi connectivity index (χ1v) is 9.07. The summed E-state index contributed by atoms with van der Waals surface area (Å²) in [5, 5.41) is 12.1. The van der Waals surface area contributed by atoms with Gasteiger partial charge in [0.25, 0.3) is 5.69 Å². The lowest BCUT2D eigenvalue weighted by molar-refractivity contribution is -0.384. The van der Waals surface area contributed by atoms with Crippen LogP contribution in [0.3, 0.4) is 0 Å². The Morgan fingerprint density at radius 2 is 1.39 bits per heavy atom. The molecule has 0 unspecified atom stereocenters. The van der Waals surface area contributed by atoms with Gasteiger partial charge in [-0.3, -0.25) is 15.1 Å². The lowest BCUT2D eigenvalue weighted by Crippen LogP contribution is -1.95. The molecule has 0 aliphatic carbocycles. The van der Waals surface area contributed by atoms with Gasteiger partial charge in [0.2, 0.25) is 0 Å². The Balaban J connectivity index is 1.98. The van der Waals surface area contributed by atoms with Gasteiger partial charge in [-0.25, -0.2) is 0 Å². The highest BCUT2D eigenvalue weighted by molar-refractivity contribution is 6.33. The van der Waals surface area contributed by atoms with E-state index >= 15 is 0 Å². The SMILES string of the molecule is O=[N+]([O-])c1ccccc1-c1cnc(-c2ccccc2Cl)cc1-c1ccccc1. The molecule has 136 valence electrons. The van der Waals surface area contributed by atoms with Crippen LogP contribution in [0.2, 0.25) is 5.02 Å². The Labute approximate surface area is 167 Å². The molecule has 0 bridgehead atoms. The summed E-state index contributed by atoms with van der Waals surface area (Å²) in [6.07, 6.45) is 1.68. The molecule has 5 heteroatoms. The molecular weight excluding hydrogens is 372 g/mol. The van der Waals surface area contributed by atoms with E-state index in [0.29, 0.717) is 21.8 Å². The Kier molecular flexibility index (Phi) is 4.87. The standard InChI is InChI=1S/C23H15ClN2O2/c24-21-12-6-4-11-18(21)22-14-19(16-8-2-1-3-9-16)20(15-25-22)17-10-5-7-13-23(17)26(27)28/h1-15H. The van der Waals surface area contributed by atoms with Gasteiger partial charge < -0.3 is 0 Å². The van der Waals surface area contributed by atoms with E-state index in [0.717, 1.165) is 16.7 Å². The summed E-state index contributed by atoms with van der Waals surface area (Å²) < 4.78 is 0. The molecule has 0 N–H and O–H groups in total. The Morgan fingerprint density at radius 1 is 0.750 bits per heavy atom. The number of benzene rings is 3. The van der Waals surface area contributed by atoms with Crippen LogP contribution in [0.15, 0.2) is 91.1 Å². The van der Waals surface area contributed by atoms with Crippen molar-refractivity contribution in [3.63, 3.8) is 0 Å². The molecular formula is C23H15ClN2O2. The van der Waals surface area contributed by atoms with Crippen LogP contribution in [0.5, 0.6) is 0 Å². The molecule has 4 nitrogen and oxygen atoms in total. The lowest BCUT2D eigenvalue weighted by Gasteiger charge is -2.13. The number of nitro groups is 1. The van der Waals surface area contributed by atoms with E-state index in [1.165, 1.54) is 6.07 Å². The van der Waals surface area contributed by atoms with Gasteiger partial charge in [-0.1, -0.05) is 72.3 Å². The molecule has 0 atom stereocenters. The molecule has 0 aliphatic heterocycles. The van der Waals surface area contributed by atoms with Crippen molar-refractivity contribution in [3.8, 4) is 33.5 Å². The number of hydrogen-bond donors (Lipinski definition) is 0. The normalized spacial score (nSPS) is 10.6. The van der Waals surface area contributed by atoms with Gasteiger partial charge in [0.1, 0.15) is 0 Å². The minimum atomic E-state index is -0.369. The van der Waals surface area contributed by atoms with Crippen LogP contribution in [0, 0.1) is 10.1 Å². The third-order valence-electron chi connectivity index (χ3n) is 4.53. The fourth-order valence-corrected chi connectivity index (χ4v) is 3.44. The second-order valence-electron chi connectivity index (χ2n) is 6.24. The number of nitro benzene ring substituents is 1. The monoisotopic (exact) mass is 386 g/mol. The Morgan fingerprint density at radius 3 is 2.11 bits per heavy atom. The van der Waals surface area contributed by atoms with Crippen LogP contribution in [-0.2, 0) is 0 Å². The van der Waals surface area contributed by atoms with E-state index in [1.54, 1.807) is 24.4 Å². The highest BCUT2D eigenvalue weighted by Crippen LogP contribution is 2.39. The highest BCUT2D eigenvalue weighted by atomic mass is 35.5. The van der Waals surface area contributed by atoms with Gasteiger partial charge >= 0.3 is 0 Å². The molecule has 0 amide bonds. The van der Waals surface area contributed by atoms with Crippen LogP contribution in [0.1, 0.15) is 0 Å². The van der Waals surface area contributed by atoms with Crippen molar-refractivity contribution in [1.29, 1.82) is 0 Å². The van der Waals surface area contributed by atoms with Crippen LogP contribution in [0.4, 0.5) is 5.69 Å². The number of rotatable bonds is 4. The highest BCUT2D eigenvalue weighted by Gasteiger charge is 2.19.